The molecule has 4 aromatic rings. The predicted octanol–water partition coefficient (Wildman–Crippen LogP) is 5.69. The quantitative estimate of drug-likeness (QED) is 0.216. The van der Waals surface area contributed by atoms with Crippen molar-refractivity contribution in [1.82, 2.24) is 9.66 Å². The van der Waals surface area contributed by atoms with E-state index in [1.165, 1.54) is 10.9 Å². The summed E-state index contributed by atoms with van der Waals surface area (Å²) in [4.78, 5) is 30.0. The van der Waals surface area contributed by atoms with Gasteiger partial charge < -0.3 is 9.47 Å². The number of halogens is 2. The Morgan fingerprint density at radius 1 is 1.14 bits per heavy atom. The van der Waals surface area contributed by atoms with E-state index < -0.39 is 5.97 Å². The molecule has 0 atom stereocenters. The highest BCUT2D eigenvalue weighted by Gasteiger charge is 2.15. The molecule has 178 valence electrons. The lowest BCUT2D eigenvalue weighted by molar-refractivity contribution is -0.149. The number of fused-ring (bicyclic) bond motifs is 1. The standard InChI is InChI=1S/C26H21BrClN3O4/c1-16(2)35-23(32)15-34-24-18(12-19(28)13-21(24)27)14-29-31-25(17-8-4-3-5-9-17)30-22-11-7-6-10-20(22)26(31)33/h3-14,16H,15H2,1-2H3. The fraction of sp³-hybridized carbons (Fsp3) is 0.154. The van der Waals surface area contributed by atoms with Gasteiger partial charge >= 0.3 is 5.97 Å². The Labute approximate surface area is 215 Å². The molecule has 9 heteroatoms. The maximum Gasteiger partial charge on any atom is 0.344 e. The van der Waals surface area contributed by atoms with Gasteiger partial charge in [-0.05, 0) is 54.0 Å². The molecule has 3 aromatic carbocycles. The summed E-state index contributed by atoms with van der Waals surface area (Å²) in [5.41, 5.74) is 1.43. The molecule has 0 unspecified atom stereocenters. The molecular weight excluding hydrogens is 534 g/mol. The van der Waals surface area contributed by atoms with Crippen molar-refractivity contribution in [2.45, 2.75) is 20.0 Å². The van der Waals surface area contributed by atoms with Crippen LogP contribution in [0.25, 0.3) is 22.3 Å². The van der Waals surface area contributed by atoms with E-state index in [9.17, 15) is 9.59 Å². The van der Waals surface area contributed by atoms with Crippen LogP contribution in [0.3, 0.4) is 0 Å². The number of hydrogen-bond donors (Lipinski definition) is 0. The third-order valence-electron chi connectivity index (χ3n) is 4.84. The van der Waals surface area contributed by atoms with E-state index in [1.54, 1.807) is 44.2 Å². The first kappa shape index (κ1) is 24.6. The van der Waals surface area contributed by atoms with Crippen LogP contribution < -0.4 is 10.3 Å². The van der Waals surface area contributed by atoms with Gasteiger partial charge in [0.15, 0.2) is 12.4 Å². The molecule has 7 nitrogen and oxygen atoms in total. The van der Waals surface area contributed by atoms with Crippen LogP contribution in [0.15, 0.2) is 81.1 Å². The minimum Gasteiger partial charge on any atom is -0.480 e. The Bertz CT molecular complexity index is 1470. The summed E-state index contributed by atoms with van der Waals surface area (Å²) in [6.45, 7) is 3.22. The number of carbonyl (C=O) groups is 1. The lowest BCUT2D eigenvalue weighted by Gasteiger charge is -2.13. The van der Waals surface area contributed by atoms with Crippen LogP contribution in [-0.4, -0.2) is 34.6 Å². The first-order valence-corrected chi connectivity index (χ1v) is 11.9. The number of aromatic nitrogens is 2. The summed E-state index contributed by atoms with van der Waals surface area (Å²) in [5.74, 6) is 0.211. The van der Waals surface area contributed by atoms with Crippen molar-refractivity contribution in [3.8, 4) is 17.1 Å². The van der Waals surface area contributed by atoms with E-state index in [4.69, 9.17) is 21.1 Å². The fourth-order valence-electron chi connectivity index (χ4n) is 3.38. The molecule has 0 spiro atoms. The van der Waals surface area contributed by atoms with Crippen molar-refractivity contribution >= 4 is 50.6 Å². The van der Waals surface area contributed by atoms with Crippen molar-refractivity contribution in [2.75, 3.05) is 6.61 Å². The Morgan fingerprint density at radius 3 is 2.60 bits per heavy atom. The van der Waals surface area contributed by atoms with Gasteiger partial charge in [-0.1, -0.05) is 54.1 Å². The summed E-state index contributed by atoms with van der Waals surface area (Å²) in [5, 5.41) is 5.32. The third-order valence-corrected chi connectivity index (χ3v) is 5.64. The fourth-order valence-corrected chi connectivity index (χ4v) is 4.33. The van der Waals surface area contributed by atoms with Crippen molar-refractivity contribution in [2.24, 2.45) is 5.10 Å². The van der Waals surface area contributed by atoms with Crippen LogP contribution in [0.4, 0.5) is 0 Å². The maximum absolute atomic E-state index is 13.4. The Balaban J connectivity index is 1.79. The average molecular weight is 555 g/mol. The van der Waals surface area contributed by atoms with Gasteiger partial charge in [-0.15, -0.1) is 0 Å². The van der Waals surface area contributed by atoms with Gasteiger partial charge in [-0.25, -0.2) is 9.78 Å². The molecule has 1 aromatic heterocycles. The number of nitrogens with zero attached hydrogens (tertiary/aromatic N) is 3. The minimum absolute atomic E-state index is 0.260. The molecule has 0 aliphatic carbocycles. The summed E-state index contributed by atoms with van der Waals surface area (Å²) in [6, 6.07) is 19.7. The van der Waals surface area contributed by atoms with Crippen LogP contribution in [0, 0.1) is 0 Å². The molecule has 35 heavy (non-hydrogen) atoms. The van der Waals surface area contributed by atoms with Gasteiger partial charge in [0.05, 0.1) is 27.7 Å². The molecule has 0 aliphatic rings. The van der Waals surface area contributed by atoms with E-state index in [0.29, 0.717) is 37.5 Å². The number of esters is 1. The smallest absolute Gasteiger partial charge is 0.344 e. The van der Waals surface area contributed by atoms with Crippen molar-refractivity contribution < 1.29 is 14.3 Å². The summed E-state index contributed by atoms with van der Waals surface area (Å²) in [6.07, 6.45) is 1.19. The Hall–Kier alpha value is -3.49. The van der Waals surface area contributed by atoms with Crippen LogP contribution in [-0.2, 0) is 9.53 Å². The molecule has 1 heterocycles. The minimum atomic E-state index is -0.508. The van der Waals surface area contributed by atoms with Crippen molar-refractivity contribution in [3.05, 3.63) is 92.1 Å². The first-order valence-electron chi connectivity index (χ1n) is 10.8. The maximum atomic E-state index is 13.4. The van der Waals surface area contributed by atoms with Gasteiger partial charge in [-0.2, -0.15) is 9.78 Å². The molecule has 0 radical (unpaired) electrons. The molecule has 4 rings (SSSR count). The second kappa shape index (κ2) is 10.8. The van der Waals surface area contributed by atoms with Gasteiger partial charge in [0.1, 0.15) is 5.75 Å². The van der Waals surface area contributed by atoms with Gasteiger partial charge in [0, 0.05) is 16.1 Å². The number of benzene rings is 3. The normalized spacial score (nSPS) is 11.3. The Morgan fingerprint density at radius 2 is 1.86 bits per heavy atom. The lowest BCUT2D eigenvalue weighted by atomic mass is 10.2. The predicted molar refractivity (Wildman–Crippen MR) is 140 cm³/mol. The monoisotopic (exact) mass is 553 g/mol. The van der Waals surface area contributed by atoms with Crippen LogP contribution in [0.2, 0.25) is 5.02 Å². The third kappa shape index (κ3) is 5.78. The number of para-hydroxylation sites is 1. The van der Waals surface area contributed by atoms with E-state index in [2.05, 4.69) is 26.0 Å². The van der Waals surface area contributed by atoms with Crippen LogP contribution in [0.5, 0.6) is 5.75 Å². The second-order valence-electron chi connectivity index (χ2n) is 7.81. The average Bonchev–Trinajstić information content (AvgIpc) is 2.82. The Kier molecular flexibility index (Phi) is 7.63. The zero-order valence-corrected chi connectivity index (χ0v) is 21.3. The first-order chi connectivity index (χ1) is 16.8. The summed E-state index contributed by atoms with van der Waals surface area (Å²) >= 11 is 9.67. The molecule has 0 fully saturated rings. The van der Waals surface area contributed by atoms with Crippen molar-refractivity contribution in [3.63, 3.8) is 0 Å². The second-order valence-corrected chi connectivity index (χ2v) is 9.10. The molecule has 0 saturated heterocycles. The van der Waals surface area contributed by atoms with Gasteiger partial charge in [0.25, 0.3) is 5.56 Å². The highest BCUT2D eigenvalue weighted by Crippen LogP contribution is 2.32. The summed E-state index contributed by atoms with van der Waals surface area (Å²) in [7, 11) is 0. The topological polar surface area (TPSA) is 82.8 Å². The highest BCUT2D eigenvalue weighted by molar-refractivity contribution is 9.10. The highest BCUT2D eigenvalue weighted by atomic mass is 79.9. The zero-order chi connectivity index (χ0) is 24.9. The number of ether oxygens (including phenoxy) is 2. The number of hydrogen-bond acceptors (Lipinski definition) is 6. The SMILES string of the molecule is CC(C)OC(=O)COc1c(Br)cc(Cl)cc1C=Nn1c(-c2ccccc2)nc2ccccc2c1=O. The molecule has 0 amide bonds. The molecule has 0 saturated carbocycles. The molecule has 0 bridgehead atoms. The van der Waals surface area contributed by atoms with Crippen LogP contribution in [0.1, 0.15) is 19.4 Å². The van der Waals surface area contributed by atoms with E-state index >= 15 is 0 Å². The summed E-state index contributed by atoms with van der Waals surface area (Å²) < 4.78 is 12.6. The van der Waals surface area contributed by atoms with E-state index in [0.717, 1.165) is 5.56 Å². The molecule has 0 N–H and O–H groups in total. The van der Waals surface area contributed by atoms with Crippen LogP contribution >= 0.6 is 27.5 Å². The lowest BCUT2D eigenvalue weighted by Crippen LogP contribution is -2.21. The van der Waals surface area contributed by atoms with Crippen molar-refractivity contribution in [1.29, 1.82) is 0 Å². The largest absolute Gasteiger partial charge is 0.480 e. The zero-order valence-electron chi connectivity index (χ0n) is 18.9. The number of rotatable bonds is 7. The van der Waals surface area contributed by atoms with Gasteiger partial charge in [-0.3, -0.25) is 4.79 Å². The van der Waals surface area contributed by atoms with E-state index in [1.807, 2.05) is 36.4 Å². The number of carbonyl (C=O) groups excluding carboxylic acids is 1. The van der Waals surface area contributed by atoms with Gasteiger partial charge in [0.2, 0.25) is 0 Å². The molecule has 0 aliphatic heterocycles. The molecular formula is C26H21BrClN3O4. The van der Waals surface area contributed by atoms with E-state index in [-0.39, 0.29) is 18.3 Å².